The van der Waals surface area contributed by atoms with Gasteiger partial charge in [-0.1, -0.05) is 18.0 Å². The van der Waals surface area contributed by atoms with Crippen molar-refractivity contribution in [2.45, 2.75) is 38.0 Å². The minimum absolute atomic E-state index is 0.631. The fourth-order valence-corrected chi connectivity index (χ4v) is 3.17. The van der Waals surface area contributed by atoms with E-state index in [1.165, 1.54) is 37.7 Å². The molecule has 1 saturated carbocycles. The van der Waals surface area contributed by atoms with Gasteiger partial charge in [0.05, 0.1) is 6.61 Å². The van der Waals surface area contributed by atoms with Gasteiger partial charge < -0.3 is 10.1 Å². The molecule has 3 heteroatoms. The van der Waals surface area contributed by atoms with Crippen LogP contribution in [0.5, 0.6) is 5.75 Å². The molecule has 1 saturated heterocycles. The van der Waals surface area contributed by atoms with Crippen molar-refractivity contribution in [3.63, 3.8) is 0 Å². The highest BCUT2D eigenvalue weighted by Crippen LogP contribution is 2.32. The number of piperidine rings is 1. The van der Waals surface area contributed by atoms with E-state index in [4.69, 9.17) is 16.3 Å². The van der Waals surface area contributed by atoms with Crippen LogP contribution in [0.3, 0.4) is 0 Å². The molecule has 0 bridgehead atoms. The van der Waals surface area contributed by atoms with Crippen molar-refractivity contribution in [3.8, 4) is 5.75 Å². The molecule has 2 fully saturated rings. The highest BCUT2D eigenvalue weighted by molar-refractivity contribution is 6.30. The van der Waals surface area contributed by atoms with Crippen molar-refractivity contribution < 1.29 is 4.74 Å². The molecule has 0 amide bonds. The van der Waals surface area contributed by atoms with Crippen molar-refractivity contribution in [3.05, 3.63) is 28.8 Å². The minimum atomic E-state index is 0.631. The molecule has 1 aliphatic carbocycles. The topological polar surface area (TPSA) is 21.3 Å². The first-order chi connectivity index (χ1) is 9.31. The first kappa shape index (κ1) is 13.3. The highest BCUT2D eigenvalue weighted by Gasteiger charge is 2.19. The quantitative estimate of drug-likeness (QED) is 0.900. The average molecular weight is 280 g/mol. The number of ether oxygens (including phenoxy) is 1. The van der Waals surface area contributed by atoms with Crippen molar-refractivity contribution in [2.75, 3.05) is 19.7 Å². The lowest BCUT2D eigenvalue weighted by Gasteiger charge is -2.26. The van der Waals surface area contributed by atoms with Gasteiger partial charge in [-0.2, -0.15) is 0 Å². The lowest BCUT2D eigenvalue weighted by Crippen LogP contribution is -2.26. The molecule has 0 radical (unpaired) electrons. The molecule has 2 nitrogen and oxygen atoms in total. The number of halogens is 1. The maximum absolute atomic E-state index is 6.24. The van der Waals surface area contributed by atoms with E-state index in [9.17, 15) is 0 Å². The normalized spacial score (nSPS) is 21.1. The largest absolute Gasteiger partial charge is 0.493 e. The molecule has 3 rings (SSSR count). The Hall–Kier alpha value is -0.730. The van der Waals surface area contributed by atoms with Crippen molar-refractivity contribution in [1.29, 1.82) is 0 Å². The molecule has 0 aromatic heterocycles. The second-order valence-corrected chi connectivity index (χ2v) is 6.29. The molecule has 19 heavy (non-hydrogen) atoms. The number of rotatable bonds is 4. The number of benzene rings is 1. The number of hydrogen-bond acceptors (Lipinski definition) is 2. The Morgan fingerprint density at radius 1 is 1.11 bits per heavy atom. The first-order valence-corrected chi connectivity index (χ1v) is 7.83. The van der Waals surface area contributed by atoms with Crippen LogP contribution in [0.2, 0.25) is 5.02 Å². The Morgan fingerprint density at radius 3 is 2.58 bits per heavy atom. The van der Waals surface area contributed by atoms with Gasteiger partial charge in [0.2, 0.25) is 0 Å². The summed E-state index contributed by atoms with van der Waals surface area (Å²) in [7, 11) is 0. The smallest absolute Gasteiger partial charge is 0.121 e. The molecule has 1 aromatic carbocycles. The molecule has 0 spiro atoms. The van der Waals surface area contributed by atoms with Crippen molar-refractivity contribution in [1.82, 2.24) is 5.32 Å². The molecule has 1 aliphatic heterocycles. The minimum Gasteiger partial charge on any atom is -0.493 e. The molecular formula is C16H22ClNO. The monoisotopic (exact) mass is 279 g/mol. The van der Waals surface area contributed by atoms with E-state index in [2.05, 4.69) is 17.4 Å². The molecule has 104 valence electrons. The van der Waals surface area contributed by atoms with Gasteiger partial charge in [0, 0.05) is 5.02 Å². The van der Waals surface area contributed by atoms with Crippen LogP contribution in [0.1, 0.15) is 43.6 Å². The maximum Gasteiger partial charge on any atom is 0.121 e. The van der Waals surface area contributed by atoms with Gasteiger partial charge in [-0.25, -0.2) is 0 Å². The molecule has 0 unspecified atom stereocenters. The summed E-state index contributed by atoms with van der Waals surface area (Å²) in [6, 6.07) is 6.25. The van der Waals surface area contributed by atoms with Crippen LogP contribution in [0.4, 0.5) is 0 Å². The van der Waals surface area contributed by atoms with Crippen LogP contribution in [-0.2, 0) is 0 Å². The Kier molecular flexibility index (Phi) is 4.29. The van der Waals surface area contributed by atoms with Crippen LogP contribution < -0.4 is 10.1 Å². The number of nitrogens with one attached hydrogen (secondary N) is 1. The van der Waals surface area contributed by atoms with Crippen molar-refractivity contribution in [2.24, 2.45) is 5.92 Å². The molecule has 2 aliphatic rings. The van der Waals surface area contributed by atoms with Crippen LogP contribution >= 0.6 is 11.6 Å². The fraction of sp³-hybridized carbons (Fsp3) is 0.625. The summed E-state index contributed by atoms with van der Waals surface area (Å²) in [5.41, 5.74) is 1.35. The predicted octanol–water partition coefficient (Wildman–Crippen LogP) is 3.99. The summed E-state index contributed by atoms with van der Waals surface area (Å²) in [5, 5.41) is 4.21. The lowest BCUT2D eigenvalue weighted by molar-refractivity contribution is 0.180. The number of hydrogen-bond donors (Lipinski definition) is 1. The standard InChI is InChI=1S/C16H22ClNO/c17-15-8-14(13-4-6-18-7-5-13)9-16(10-15)19-11-12-2-1-3-12/h8-10,12-13,18H,1-7,11H2. The SMILES string of the molecule is Clc1cc(OCC2CCC2)cc(C2CCNCC2)c1. The molecular weight excluding hydrogens is 258 g/mol. The van der Waals surface area contributed by atoms with Crippen LogP contribution in [-0.4, -0.2) is 19.7 Å². The zero-order chi connectivity index (χ0) is 13.1. The summed E-state index contributed by atoms with van der Waals surface area (Å²) >= 11 is 6.24. The summed E-state index contributed by atoms with van der Waals surface area (Å²) < 4.78 is 5.92. The first-order valence-electron chi connectivity index (χ1n) is 7.45. The van der Waals surface area contributed by atoms with E-state index in [-0.39, 0.29) is 0 Å². The highest BCUT2D eigenvalue weighted by atomic mass is 35.5. The average Bonchev–Trinajstić information content (AvgIpc) is 2.37. The van der Waals surface area contributed by atoms with Crippen molar-refractivity contribution >= 4 is 11.6 Å². The van der Waals surface area contributed by atoms with Gasteiger partial charge in [-0.15, -0.1) is 0 Å². The third kappa shape index (κ3) is 3.43. The third-order valence-corrected chi connectivity index (χ3v) is 4.63. The summed E-state index contributed by atoms with van der Waals surface area (Å²) in [6.07, 6.45) is 6.40. The lowest BCUT2D eigenvalue weighted by atomic mass is 9.86. The second-order valence-electron chi connectivity index (χ2n) is 5.85. The van der Waals surface area contributed by atoms with E-state index < -0.39 is 0 Å². The van der Waals surface area contributed by atoms with Gasteiger partial charge in [0.25, 0.3) is 0 Å². The molecule has 1 heterocycles. The van der Waals surface area contributed by atoms with Crippen LogP contribution in [0.25, 0.3) is 0 Å². The summed E-state index contributed by atoms with van der Waals surface area (Å²) in [5.74, 6) is 2.35. The Bertz CT molecular complexity index is 425. The van der Waals surface area contributed by atoms with Gasteiger partial charge in [-0.3, -0.25) is 0 Å². The summed E-state index contributed by atoms with van der Waals surface area (Å²) in [6.45, 7) is 3.07. The van der Waals surface area contributed by atoms with Crippen LogP contribution in [0.15, 0.2) is 18.2 Å². The molecule has 1 aromatic rings. The van der Waals surface area contributed by atoms with Gasteiger partial charge in [0.1, 0.15) is 5.75 Å². The Balaban J connectivity index is 1.67. The predicted molar refractivity (Wildman–Crippen MR) is 79.1 cm³/mol. The molecule has 0 atom stereocenters. The van der Waals surface area contributed by atoms with E-state index in [0.29, 0.717) is 5.92 Å². The molecule has 1 N–H and O–H groups in total. The Labute approximate surface area is 120 Å². The second kappa shape index (κ2) is 6.15. The van der Waals surface area contributed by atoms with E-state index in [0.717, 1.165) is 36.4 Å². The van der Waals surface area contributed by atoms with Gasteiger partial charge >= 0.3 is 0 Å². The Morgan fingerprint density at radius 2 is 1.89 bits per heavy atom. The third-order valence-electron chi connectivity index (χ3n) is 4.41. The summed E-state index contributed by atoms with van der Waals surface area (Å²) in [4.78, 5) is 0. The van der Waals surface area contributed by atoms with E-state index in [1.54, 1.807) is 0 Å². The van der Waals surface area contributed by atoms with Gasteiger partial charge in [0.15, 0.2) is 0 Å². The van der Waals surface area contributed by atoms with E-state index in [1.807, 2.05) is 6.07 Å². The maximum atomic E-state index is 6.24. The fourth-order valence-electron chi connectivity index (χ4n) is 2.93. The zero-order valence-corrected chi connectivity index (χ0v) is 12.1. The van der Waals surface area contributed by atoms with Gasteiger partial charge in [-0.05, 0) is 74.4 Å². The zero-order valence-electron chi connectivity index (χ0n) is 11.3. The van der Waals surface area contributed by atoms with E-state index >= 15 is 0 Å². The van der Waals surface area contributed by atoms with Crippen LogP contribution in [0, 0.1) is 5.92 Å².